The van der Waals surface area contributed by atoms with Crippen molar-refractivity contribution < 1.29 is 9.53 Å². The summed E-state index contributed by atoms with van der Waals surface area (Å²) in [6.45, 7) is 8.53. The Balaban J connectivity index is 1.43. The van der Waals surface area contributed by atoms with Crippen molar-refractivity contribution in [3.63, 3.8) is 0 Å². The molecule has 2 aromatic rings. The number of rotatable bonds is 8. The second-order valence-corrected chi connectivity index (χ2v) is 7.28. The molecular weight excluding hydrogens is 328 g/mol. The van der Waals surface area contributed by atoms with Crippen molar-refractivity contribution in [3.8, 4) is 0 Å². The molecule has 26 heavy (non-hydrogen) atoms. The largest absolute Gasteiger partial charge is 0.379 e. The minimum atomic E-state index is -0.00181. The Morgan fingerprint density at radius 1 is 1.35 bits per heavy atom. The average Bonchev–Trinajstić information content (AvgIpc) is 3.09. The van der Waals surface area contributed by atoms with Crippen LogP contribution in [0.15, 0.2) is 24.3 Å². The summed E-state index contributed by atoms with van der Waals surface area (Å²) in [4.78, 5) is 22.6. The number of morpholine rings is 1. The third-order valence-corrected chi connectivity index (χ3v) is 5.46. The van der Waals surface area contributed by atoms with Crippen molar-refractivity contribution >= 4 is 16.9 Å². The summed E-state index contributed by atoms with van der Waals surface area (Å²) in [5.74, 6) is 1.07. The highest BCUT2D eigenvalue weighted by Crippen LogP contribution is 2.20. The molecule has 6 nitrogen and oxygen atoms in total. The summed E-state index contributed by atoms with van der Waals surface area (Å²) in [5.41, 5.74) is 2.03. The number of hydrogen-bond acceptors (Lipinski definition) is 4. The fourth-order valence-electron chi connectivity index (χ4n) is 3.48. The van der Waals surface area contributed by atoms with Crippen molar-refractivity contribution in [2.45, 2.75) is 45.1 Å². The lowest BCUT2D eigenvalue weighted by molar-refractivity contribution is -0.122. The molecule has 0 saturated carbocycles. The SMILES string of the molecule is CC[C@@](C)(CNC(=O)CCCc1nc2ccccc2[nH]1)N1CCOCC1. The van der Waals surface area contributed by atoms with Crippen LogP contribution in [0.3, 0.4) is 0 Å². The molecular formula is C20H30N4O2. The van der Waals surface area contributed by atoms with Crippen LogP contribution in [0.4, 0.5) is 0 Å². The standard InChI is InChI=1S/C20H30N4O2/c1-3-20(2,24-11-13-26-14-12-24)15-21-19(25)10-6-9-18-22-16-7-4-5-8-17(16)23-18/h4-5,7-8H,3,6,9-15H2,1-2H3,(H,21,25)(H,22,23)/t20-/m0/s1. The van der Waals surface area contributed by atoms with E-state index in [1.807, 2.05) is 24.3 Å². The molecule has 1 saturated heterocycles. The Hall–Kier alpha value is -1.92. The fourth-order valence-corrected chi connectivity index (χ4v) is 3.48. The number of nitrogens with one attached hydrogen (secondary N) is 2. The number of hydrogen-bond donors (Lipinski definition) is 2. The number of ether oxygens (including phenoxy) is 1. The molecule has 1 fully saturated rings. The quantitative estimate of drug-likeness (QED) is 0.761. The van der Waals surface area contributed by atoms with E-state index in [0.29, 0.717) is 13.0 Å². The van der Waals surface area contributed by atoms with Gasteiger partial charge in [-0.15, -0.1) is 0 Å². The lowest BCUT2D eigenvalue weighted by Gasteiger charge is -2.43. The number of carbonyl (C=O) groups excluding carboxylic acids is 1. The minimum Gasteiger partial charge on any atom is -0.379 e. The number of H-pyrrole nitrogens is 1. The lowest BCUT2D eigenvalue weighted by atomic mass is 9.95. The van der Waals surface area contributed by atoms with Gasteiger partial charge in [-0.2, -0.15) is 0 Å². The molecule has 0 radical (unpaired) electrons. The summed E-state index contributed by atoms with van der Waals surface area (Å²) < 4.78 is 5.44. The van der Waals surface area contributed by atoms with E-state index in [1.165, 1.54) is 0 Å². The van der Waals surface area contributed by atoms with Crippen LogP contribution in [0.1, 0.15) is 38.9 Å². The van der Waals surface area contributed by atoms with Crippen molar-refractivity contribution in [1.82, 2.24) is 20.2 Å². The van der Waals surface area contributed by atoms with Gasteiger partial charge in [0.1, 0.15) is 5.82 Å². The highest BCUT2D eigenvalue weighted by molar-refractivity contribution is 5.76. The lowest BCUT2D eigenvalue weighted by Crippen LogP contribution is -2.56. The van der Waals surface area contributed by atoms with Crippen LogP contribution in [-0.2, 0) is 16.0 Å². The number of aromatic amines is 1. The highest BCUT2D eigenvalue weighted by Gasteiger charge is 2.31. The Morgan fingerprint density at radius 3 is 2.85 bits per heavy atom. The maximum atomic E-state index is 12.3. The van der Waals surface area contributed by atoms with Crippen molar-refractivity contribution in [3.05, 3.63) is 30.1 Å². The monoisotopic (exact) mass is 358 g/mol. The van der Waals surface area contributed by atoms with Crippen LogP contribution in [0.5, 0.6) is 0 Å². The van der Waals surface area contributed by atoms with E-state index in [4.69, 9.17) is 4.74 Å². The first-order chi connectivity index (χ1) is 12.6. The second-order valence-electron chi connectivity index (χ2n) is 7.28. The normalized spacial score (nSPS) is 17.9. The molecule has 2 N–H and O–H groups in total. The smallest absolute Gasteiger partial charge is 0.220 e. The van der Waals surface area contributed by atoms with Gasteiger partial charge in [-0.3, -0.25) is 9.69 Å². The molecule has 1 amide bonds. The number of carbonyl (C=O) groups is 1. The summed E-state index contributed by atoms with van der Waals surface area (Å²) in [7, 11) is 0. The van der Waals surface area contributed by atoms with Gasteiger partial charge < -0.3 is 15.0 Å². The van der Waals surface area contributed by atoms with Gasteiger partial charge in [-0.05, 0) is 31.9 Å². The Morgan fingerprint density at radius 2 is 2.12 bits per heavy atom. The first-order valence-electron chi connectivity index (χ1n) is 9.64. The molecule has 0 aliphatic carbocycles. The molecule has 142 valence electrons. The predicted octanol–water partition coefficient (Wildman–Crippen LogP) is 2.50. The Kier molecular flexibility index (Phi) is 6.27. The molecule has 1 aromatic carbocycles. The van der Waals surface area contributed by atoms with E-state index in [-0.39, 0.29) is 11.4 Å². The highest BCUT2D eigenvalue weighted by atomic mass is 16.5. The van der Waals surface area contributed by atoms with Crippen LogP contribution >= 0.6 is 0 Å². The van der Waals surface area contributed by atoms with Crippen molar-refractivity contribution in [2.24, 2.45) is 0 Å². The second kappa shape index (κ2) is 8.64. The topological polar surface area (TPSA) is 70.2 Å². The zero-order chi connectivity index (χ0) is 18.4. The molecule has 1 aliphatic heterocycles. The van der Waals surface area contributed by atoms with Gasteiger partial charge in [0.2, 0.25) is 5.91 Å². The van der Waals surface area contributed by atoms with Crippen LogP contribution < -0.4 is 5.32 Å². The third kappa shape index (κ3) is 4.62. The number of imidazole rings is 1. The first kappa shape index (κ1) is 18.9. The van der Waals surface area contributed by atoms with Gasteiger partial charge in [0.25, 0.3) is 0 Å². The van der Waals surface area contributed by atoms with E-state index >= 15 is 0 Å². The molecule has 6 heteroatoms. The van der Waals surface area contributed by atoms with E-state index in [9.17, 15) is 4.79 Å². The Bertz CT molecular complexity index is 690. The van der Waals surface area contributed by atoms with Gasteiger partial charge in [0.15, 0.2) is 0 Å². The van der Waals surface area contributed by atoms with Crippen LogP contribution in [0.25, 0.3) is 11.0 Å². The van der Waals surface area contributed by atoms with E-state index in [2.05, 4.69) is 34.0 Å². The number of fused-ring (bicyclic) bond motifs is 1. The zero-order valence-electron chi connectivity index (χ0n) is 15.9. The Labute approximate surface area is 155 Å². The zero-order valence-corrected chi connectivity index (χ0v) is 15.9. The van der Waals surface area contributed by atoms with Crippen molar-refractivity contribution in [2.75, 3.05) is 32.8 Å². The van der Waals surface area contributed by atoms with Crippen LogP contribution in [-0.4, -0.2) is 59.2 Å². The third-order valence-electron chi connectivity index (χ3n) is 5.46. The molecule has 0 unspecified atom stereocenters. The number of amides is 1. The molecule has 0 bridgehead atoms. The van der Waals surface area contributed by atoms with Gasteiger partial charge in [0, 0.05) is 38.0 Å². The molecule has 1 aliphatic rings. The molecule has 1 atom stereocenters. The summed E-state index contributed by atoms with van der Waals surface area (Å²) >= 11 is 0. The van der Waals surface area contributed by atoms with E-state index in [0.717, 1.165) is 62.4 Å². The number of para-hydroxylation sites is 2. The van der Waals surface area contributed by atoms with Crippen molar-refractivity contribution in [1.29, 1.82) is 0 Å². The maximum Gasteiger partial charge on any atom is 0.220 e. The van der Waals surface area contributed by atoms with Gasteiger partial charge >= 0.3 is 0 Å². The number of benzene rings is 1. The number of nitrogens with zero attached hydrogens (tertiary/aromatic N) is 2. The molecule has 3 rings (SSSR count). The van der Waals surface area contributed by atoms with Crippen LogP contribution in [0.2, 0.25) is 0 Å². The van der Waals surface area contributed by atoms with Gasteiger partial charge in [-0.1, -0.05) is 19.1 Å². The average molecular weight is 358 g/mol. The minimum absolute atomic E-state index is 0.00181. The van der Waals surface area contributed by atoms with Gasteiger partial charge in [-0.25, -0.2) is 4.98 Å². The predicted molar refractivity (Wildman–Crippen MR) is 103 cm³/mol. The van der Waals surface area contributed by atoms with Crippen LogP contribution in [0, 0.1) is 0 Å². The summed E-state index contributed by atoms with van der Waals surface area (Å²) in [5, 5.41) is 3.13. The van der Waals surface area contributed by atoms with Gasteiger partial charge in [0.05, 0.1) is 24.2 Å². The summed E-state index contributed by atoms with van der Waals surface area (Å²) in [6, 6.07) is 8.01. The number of aromatic nitrogens is 2. The number of aryl methyl sites for hydroxylation is 1. The first-order valence-corrected chi connectivity index (χ1v) is 9.64. The molecule has 0 spiro atoms. The maximum absolute atomic E-state index is 12.3. The van der Waals surface area contributed by atoms with E-state index in [1.54, 1.807) is 0 Å². The molecule has 1 aromatic heterocycles. The fraction of sp³-hybridized carbons (Fsp3) is 0.600. The molecule has 2 heterocycles. The summed E-state index contributed by atoms with van der Waals surface area (Å²) in [6.07, 6.45) is 3.12. The van der Waals surface area contributed by atoms with E-state index < -0.39 is 0 Å².